The lowest BCUT2D eigenvalue weighted by Gasteiger charge is -2.16. The van der Waals surface area contributed by atoms with E-state index in [2.05, 4.69) is 5.32 Å². The lowest BCUT2D eigenvalue weighted by molar-refractivity contribution is 0.0857. The van der Waals surface area contributed by atoms with Crippen LogP contribution in [0.3, 0.4) is 0 Å². The summed E-state index contributed by atoms with van der Waals surface area (Å²) < 4.78 is 36.1. The fraction of sp³-hybridized carbons (Fsp3) is 0.333. The van der Waals surface area contributed by atoms with Crippen molar-refractivity contribution >= 4 is 0 Å². The third-order valence-electron chi connectivity index (χ3n) is 3.27. The third-order valence-corrected chi connectivity index (χ3v) is 3.27. The summed E-state index contributed by atoms with van der Waals surface area (Å²) in [6.07, 6.45) is -1.56. The van der Waals surface area contributed by atoms with Crippen LogP contribution in [-0.2, 0) is 0 Å². The Labute approximate surface area is 144 Å². The first-order valence-electron chi connectivity index (χ1n) is 7.86. The smallest absolute Gasteiger partial charge is 0.123 e. The van der Waals surface area contributed by atoms with Crippen molar-refractivity contribution in [2.75, 3.05) is 26.3 Å². The summed E-state index contributed by atoms with van der Waals surface area (Å²) in [6.45, 7) is 0.519. The molecule has 0 aromatic heterocycles. The minimum atomic E-state index is -0.782. The van der Waals surface area contributed by atoms with E-state index in [1.165, 1.54) is 48.5 Å². The minimum Gasteiger partial charge on any atom is -0.491 e. The fourth-order valence-corrected chi connectivity index (χ4v) is 1.98. The third kappa shape index (κ3) is 7.47. The van der Waals surface area contributed by atoms with E-state index in [1.54, 1.807) is 0 Å². The summed E-state index contributed by atoms with van der Waals surface area (Å²) in [5, 5.41) is 22.5. The Kier molecular flexibility index (Phi) is 7.59. The van der Waals surface area contributed by atoms with Crippen LogP contribution in [0.5, 0.6) is 11.5 Å². The Morgan fingerprint density at radius 3 is 1.44 bits per heavy atom. The molecule has 0 aliphatic carbocycles. The molecule has 2 atom stereocenters. The highest BCUT2D eigenvalue weighted by atomic mass is 19.1. The maximum atomic E-state index is 12.8. The molecule has 0 saturated heterocycles. The standard InChI is InChI=1S/C18H21F2NO4/c19-13-1-5-17(6-2-13)24-11-15(22)9-21-10-16(23)12-25-18-7-3-14(20)4-8-18/h1-8,15-16,21-23H,9-12H2/t15-,16-/m1/s1. The first kappa shape index (κ1) is 19.1. The summed E-state index contributed by atoms with van der Waals surface area (Å²) >= 11 is 0. The SMILES string of the molecule is O[C@H](CNC[C@@H](O)COc1ccc(F)cc1)COc1ccc(F)cc1. The van der Waals surface area contributed by atoms with Crippen LogP contribution in [0, 0.1) is 11.6 Å². The summed E-state index contributed by atoms with van der Waals surface area (Å²) in [6, 6.07) is 11.0. The van der Waals surface area contributed by atoms with Crippen LogP contribution in [0.25, 0.3) is 0 Å². The number of halogens is 2. The molecule has 0 unspecified atom stereocenters. The lowest BCUT2D eigenvalue weighted by Crippen LogP contribution is -2.37. The number of aliphatic hydroxyl groups excluding tert-OH is 2. The molecule has 5 nitrogen and oxygen atoms in total. The lowest BCUT2D eigenvalue weighted by atomic mass is 10.3. The number of nitrogens with one attached hydrogen (secondary N) is 1. The van der Waals surface area contributed by atoms with Crippen molar-refractivity contribution in [2.45, 2.75) is 12.2 Å². The molecule has 3 N–H and O–H groups in total. The predicted octanol–water partition coefficient (Wildman–Crippen LogP) is 1.73. The molecule has 0 radical (unpaired) electrons. The fourth-order valence-electron chi connectivity index (χ4n) is 1.98. The van der Waals surface area contributed by atoms with Crippen molar-refractivity contribution in [2.24, 2.45) is 0 Å². The van der Waals surface area contributed by atoms with Gasteiger partial charge in [0.25, 0.3) is 0 Å². The minimum absolute atomic E-state index is 0.0425. The molecule has 0 fully saturated rings. The van der Waals surface area contributed by atoms with E-state index < -0.39 is 12.2 Å². The van der Waals surface area contributed by atoms with Gasteiger partial charge in [-0.3, -0.25) is 0 Å². The Morgan fingerprint density at radius 2 is 1.08 bits per heavy atom. The van der Waals surface area contributed by atoms with Gasteiger partial charge in [-0.25, -0.2) is 8.78 Å². The number of ether oxygens (including phenoxy) is 2. The number of aliphatic hydroxyl groups is 2. The molecule has 25 heavy (non-hydrogen) atoms. The van der Waals surface area contributed by atoms with Crippen LogP contribution in [0.1, 0.15) is 0 Å². The topological polar surface area (TPSA) is 71.0 Å². The van der Waals surface area contributed by atoms with Crippen LogP contribution in [0.4, 0.5) is 8.78 Å². The molecular weight excluding hydrogens is 332 g/mol. The highest BCUT2D eigenvalue weighted by Gasteiger charge is 2.09. The molecule has 136 valence electrons. The zero-order valence-electron chi connectivity index (χ0n) is 13.6. The first-order chi connectivity index (χ1) is 12.0. The van der Waals surface area contributed by atoms with Gasteiger partial charge in [-0.1, -0.05) is 0 Å². The van der Waals surface area contributed by atoms with Crippen LogP contribution < -0.4 is 14.8 Å². The summed E-state index contributed by atoms with van der Waals surface area (Å²) in [5.41, 5.74) is 0. The van der Waals surface area contributed by atoms with E-state index in [4.69, 9.17) is 9.47 Å². The molecule has 2 rings (SSSR count). The van der Waals surface area contributed by atoms with Gasteiger partial charge in [-0.05, 0) is 48.5 Å². The van der Waals surface area contributed by atoms with Gasteiger partial charge < -0.3 is 25.0 Å². The zero-order chi connectivity index (χ0) is 18.1. The van der Waals surface area contributed by atoms with Gasteiger partial charge in [0.15, 0.2) is 0 Å². The van der Waals surface area contributed by atoms with Crippen molar-refractivity contribution < 1.29 is 28.5 Å². The Hall–Kier alpha value is -2.22. The van der Waals surface area contributed by atoms with Gasteiger partial charge in [0, 0.05) is 13.1 Å². The monoisotopic (exact) mass is 353 g/mol. The van der Waals surface area contributed by atoms with E-state index in [1.807, 2.05) is 0 Å². The van der Waals surface area contributed by atoms with Crippen molar-refractivity contribution in [3.05, 3.63) is 60.2 Å². The van der Waals surface area contributed by atoms with E-state index in [0.717, 1.165) is 0 Å². The molecule has 2 aromatic rings. The predicted molar refractivity (Wildman–Crippen MR) is 88.7 cm³/mol. The molecule has 0 aliphatic rings. The van der Waals surface area contributed by atoms with Crippen molar-refractivity contribution in [3.8, 4) is 11.5 Å². The largest absolute Gasteiger partial charge is 0.491 e. The molecule has 0 heterocycles. The summed E-state index contributed by atoms with van der Waals surface area (Å²) in [7, 11) is 0. The van der Waals surface area contributed by atoms with Crippen molar-refractivity contribution in [3.63, 3.8) is 0 Å². The van der Waals surface area contributed by atoms with Crippen molar-refractivity contribution in [1.29, 1.82) is 0 Å². The molecule has 0 spiro atoms. The quantitative estimate of drug-likeness (QED) is 0.607. The molecule has 7 heteroatoms. The van der Waals surface area contributed by atoms with Gasteiger partial charge in [-0.15, -0.1) is 0 Å². The zero-order valence-corrected chi connectivity index (χ0v) is 13.6. The molecule has 0 bridgehead atoms. The van der Waals surface area contributed by atoms with Crippen LogP contribution in [0.2, 0.25) is 0 Å². The van der Waals surface area contributed by atoms with Gasteiger partial charge in [-0.2, -0.15) is 0 Å². The average molecular weight is 353 g/mol. The highest BCUT2D eigenvalue weighted by Crippen LogP contribution is 2.12. The van der Waals surface area contributed by atoms with E-state index in [0.29, 0.717) is 11.5 Å². The Bertz CT molecular complexity index is 566. The second kappa shape index (κ2) is 9.93. The van der Waals surface area contributed by atoms with E-state index in [9.17, 15) is 19.0 Å². The van der Waals surface area contributed by atoms with Crippen LogP contribution >= 0.6 is 0 Å². The van der Waals surface area contributed by atoms with Gasteiger partial charge in [0.1, 0.15) is 48.6 Å². The second-order valence-electron chi connectivity index (χ2n) is 5.50. The average Bonchev–Trinajstić information content (AvgIpc) is 2.61. The van der Waals surface area contributed by atoms with Gasteiger partial charge in [0.2, 0.25) is 0 Å². The number of benzene rings is 2. The number of rotatable bonds is 10. The van der Waals surface area contributed by atoms with Gasteiger partial charge in [0.05, 0.1) is 0 Å². The number of hydrogen-bond acceptors (Lipinski definition) is 5. The highest BCUT2D eigenvalue weighted by molar-refractivity contribution is 5.22. The molecule has 0 saturated carbocycles. The van der Waals surface area contributed by atoms with E-state index >= 15 is 0 Å². The second-order valence-corrected chi connectivity index (χ2v) is 5.50. The Morgan fingerprint density at radius 1 is 0.720 bits per heavy atom. The van der Waals surface area contributed by atoms with Crippen LogP contribution in [-0.4, -0.2) is 48.7 Å². The maximum absolute atomic E-state index is 12.8. The molecule has 0 aliphatic heterocycles. The summed E-state index contributed by atoms with van der Waals surface area (Å²) in [5.74, 6) is 0.221. The normalized spacial score (nSPS) is 13.3. The molecule has 0 amide bonds. The Balaban J connectivity index is 1.57. The summed E-state index contributed by atoms with van der Waals surface area (Å²) in [4.78, 5) is 0. The molecular formula is C18H21F2NO4. The van der Waals surface area contributed by atoms with Crippen LogP contribution in [0.15, 0.2) is 48.5 Å². The molecule has 2 aromatic carbocycles. The van der Waals surface area contributed by atoms with E-state index in [-0.39, 0.29) is 37.9 Å². The van der Waals surface area contributed by atoms with Gasteiger partial charge >= 0.3 is 0 Å². The first-order valence-corrected chi connectivity index (χ1v) is 7.86. The van der Waals surface area contributed by atoms with Crippen molar-refractivity contribution in [1.82, 2.24) is 5.32 Å². The maximum Gasteiger partial charge on any atom is 0.123 e. The number of hydrogen-bond donors (Lipinski definition) is 3.